The third-order valence-corrected chi connectivity index (χ3v) is 7.70. The van der Waals surface area contributed by atoms with Crippen LogP contribution >= 0.6 is 0 Å². The summed E-state index contributed by atoms with van der Waals surface area (Å²) >= 11 is 0. The molecule has 1 aliphatic heterocycles. The van der Waals surface area contributed by atoms with Gasteiger partial charge in [0.15, 0.2) is 0 Å². The molecule has 0 radical (unpaired) electrons. The van der Waals surface area contributed by atoms with E-state index in [1.807, 2.05) is 144 Å². The van der Waals surface area contributed by atoms with Crippen LogP contribution in [0.15, 0.2) is 140 Å². The van der Waals surface area contributed by atoms with Crippen LogP contribution in [0.3, 0.4) is 0 Å². The van der Waals surface area contributed by atoms with Gasteiger partial charge in [-0.1, -0.05) is 73.6 Å². The summed E-state index contributed by atoms with van der Waals surface area (Å²) in [6.45, 7) is -0.286. The normalized spacial score (nSPS) is 13.5. The Morgan fingerprint density at radius 1 is 0.733 bits per heavy atom. The van der Waals surface area contributed by atoms with Gasteiger partial charge in [-0.2, -0.15) is 40.9 Å². The number of anilines is 4. The fraction of sp³-hybridized carbons (Fsp3) is 0.0256. The first-order valence-electron chi connectivity index (χ1n) is 15.8. The zero-order chi connectivity index (χ0) is 32.0. The number of imidazole rings is 1. The largest absolute Gasteiger partial charge is 0.493 e. The standard InChI is InChI=1S/C39H27N4O.Pt/c1-28-24-25-31(26-33(28)29-14-5-2-6-15-29)41-27-42(35-21-12-11-20-34(35)41)36-22-13-23-37-38(36)40-39(44-32-18-9-4-10-19-32)43(37)30-16-7-3-8-17-30;/h2-18,20-24,26-27H,1H3;/q-3;/i1D3;. The maximum Gasteiger partial charge on any atom is 0.305 e. The first-order valence-corrected chi connectivity index (χ1v) is 14.3. The van der Waals surface area contributed by atoms with Crippen LogP contribution in [0.5, 0.6) is 11.8 Å². The predicted molar refractivity (Wildman–Crippen MR) is 177 cm³/mol. The quantitative estimate of drug-likeness (QED) is 0.158. The number of hydrogen-bond acceptors (Lipinski definition) is 4. The Morgan fingerprint density at radius 2 is 1.44 bits per heavy atom. The summed E-state index contributed by atoms with van der Waals surface area (Å²) in [5.41, 5.74) is 7.74. The Labute approximate surface area is 281 Å². The van der Waals surface area contributed by atoms with Crippen LogP contribution in [0, 0.1) is 25.7 Å². The van der Waals surface area contributed by atoms with Crippen molar-refractivity contribution in [2.75, 3.05) is 9.80 Å². The molecule has 2 heterocycles. The van der Waals surface area contributed by atoms with Crippen molar-refractivity contribution in [1.82, 2.24) is 9.55 Å². The maximum absolute atomic E-state index is 8.20. The van der Waals surface area contributed by atoms with E-state index < -0.39 is 6.85 Å². The number of benzene rings is 6. The minimum Gasteiger partial charge on any atom is -0.493 e. The average molecular weight is 766 g/mol. The van der Waals surface area contributed by atoms with Gasteiger partial charge in [0, 0.05) is 48.0 Å². The summed E-state index contributed by atoms with van der Waals surface area (Å²) in [4.78, 5) is 9.20. The zero-order valence-electron chi connectivity index (χ0n) is 26.9. The molecule has 0 spiro atoms. The SMILES string of the molecule is [2H]C([2H])([2H])c1c[c-]c(N2[CH-]N(c3cccc4c3nc(Oc3[c-]cccc3)n4-c3ccccc3)c3ccccc32)cc1-c1ccccc1.[Pt]. The van der Waals surface area contributed by atoms with Gasteiger partial charge in [0.25, 0.3) is 0 Å². The first kappa shape index (κ1) is 25.2. The van der Waals surface area contributed by atoms with Gasteiger partial charge in [-0.3, -0.25) is 4.57 Å². The van der Waals surface area contributed by atoms with Crippen LogP contribution in [0.4, 0.5) is 22.7 Å². The average Bonchev–Trinajstić information content (AvgIpc) is 3.67. The molecule has 0 saturated carbocycles. The Bertz CT molecular complexity index is 2210. The van der Waals surface area contributed by atoms with Crippen molar-refractivity contribution < 1.29 is 29.9 Å². The number of nitrogens with zero attached hydrogens (tertiary/aromatic N) is 4. The van der Waals surface area contributed by atoms with E-state index in [2.05, 4.69) is 23.1 Å². The molecule has 1 aliphatic rings. The molecule has 1 aromatic heterocycles. The number of aryl methyl sites for hydroxylation is 1. The second-order valence-corrected chi connectivity index (χ2v) is 10.4. The molecule has 6 heteroatoms. The molecule has 0 bridgehead atoms. The first-order chi connectivity index (χ1) is 23.0. The Kier molecular flexibility index (Phi) is 6.79. The van der Waals surface area contributed by atoms with Crippen molar-refractivity contribution in [1.29, 1.82) is 0 Å². The van der Waals surface area contributed by atoms with Gasteiger partial charge in [0.2, 0.25) is 0 Å². The van der Waals surface area contributed by atoms with Crippen molar-refractivity contribution in [3.8, 4) is 28.6 Å². The molecule has 0 fully saturated rings. The summed E-state index contributed by atoms with van der Waals surface area (Å²) in [7, 11) is 0. The molecule has 0 amide bonds. The van der Waals surface area contributed by atoms with Crippen LogP contribution in [-0.4, -0.2) is 9.55 Å². The third kappa shape index (κ3) is 5.20. The van der Waals surface area contributed by atoms with Crippen LogP contribution in [0.25, 0.3) is 27.8 Å². The van der Waals surface area contributed by atoms with E-state index in [0.29, 0.717) is 17.3 Å². The molecule has 222 valence electrons. The molecule has 8 rings (SSSR count). The van der Waals surface area contributed by atoms with Gasteiger partial charge < -0.3 is 14.5 Å². The summed E-state index contributed by atoms with van der Waals surface area (Å²) in [5.74, 6) is 0.566. The fourth-order valence-electron chi connectivity index (χ4n) is 5.66. The van der Waals surface area contributed by atoms with Crippen molar-refractivity contribution in [3.05, 3.63) is 164 Å². The third-order valence-electron chi connectivity index (χ3n) is 7.70. The predicted octanol–water partition coefficient (Wildman–Crippen LogP) is 9.80. The van der Waals surface area contributed by atoms with Gasteiger partial charge in [-0.15, -0.1) is 36.1 Å². The van der Waals surface area contributed by atoms with E-state index in [0.717, 1.165) is 45.0 Å². The molecule has 0 N–H and O–H groups in total. The van der Waals surface area contributed by atoms with Gasteiger partial charge in [0.1, 0.15) is 5.52 Å². The fourth-order valence-corrected chi connectivity index (χ4v) is 5.66. The molecule has 7 aromatic rings. The van der Waals surface area contributed by atoms with Crippen molar-refractivity contribution in [2.24, 2.45) is 0 Å². The van der Waals surface area contributed by atoms with E-state index in [4.69, 9.17) is 13.8 Å². The van der Waals surface area contributed by atoms with Crippen molar-refractivity contribution in [2.45, 2.75) is 6.85 Å². The minimum atomic E-state index is -2.29. The van der Waals surface area contributed by atoms with E-state index >= 15 is 0 Å². The molecular formula is C39H27N4OPt-3. The zero-order valence-corrected chi connectivity index (χ0v) is 26.1. The van der Waals surface area contributed by atoms with E-state index in [1.54, 1.807) is 6.07 Å². The van der Waals surface area contributed by atoms with Crippen LogP contribution in [0.1, 0.15) is 9.68 Å². The second kappa shape index (κ2) is 12.1. The number of aromatic nitrogens is 2. The Balaban J connectivity index is 0.00000364. The molecular weight excluding hydrogens is 736 g/mol. The topological polar surface area (TPSA) is 33.5 Å². The monoisotopic (exact) mass is 765 g/mol. The van der Waals surface area contributed by atoms with E-state index in [9.17, 15) is 0 Å². The van der Waals surface area contributed by atoms with Crippen LogP contribution in [0.2, 0.25) is 0 Å². The molecule has 0 saturated heterocycles. The van der Waals surface area contributed by atoms with Crippen molar-refractivity contribution in [3.63, 3.8) is 0 Å². The summed E-state index contributed by atoms with van der Waals surface area (Å²) in [6.07, 6.45) is 0. The van der Waals surface area contributed by atoms with E-state index in [-0.39, 0.29) is 26.6 Å². The van der Waals surface area contributed by atoms with Gasteiger partial charge in [-0.05, 0) is 42.0 Å². The molecule has 0 unspecified atom stereocenters. The molecule has 5 nitrogen and oxygen atoms in total. The minimum absolute atomic E-state index is 0. The summed E-state index contributed by atoms with van der Waals surface area (Å²) in [6, 6.07) is 51.6. The van der Waals surface area contributed by atoms with Crippen molar-refractivity contribution >= 4 is 33.8 Å². The van der Waals surface area contributed by atoms with Gasteiger partial charge >= 0.3 is 6.01 Å². The number of rotatable bonds is 6. The number of hydrogen-bond donors (Lipinski definition) is 0. The van der Waals surface area contributed by atoms with Crippen LogP contribution in [-0.2, 0) is 21.1 Å². The van der Waals surface area contributed by atoms with Gasteiger partial charge in [-0.25, -0.2) is 0 Å². The number of para-hydroxylation sites is 5. The number of fused-ring (bicyclic) bond motifs is 2. The summed E-state index contributed by atoms with van der Waals surface area (Å²) < 4.78 is 32.9. The maximum atomic E-state index is 8.20. The van der Waals surface area contributed by atoms with E-state index in [1.165, 1.54) is 0 Å². The molecule has 45 heavy (non-hydrogen) atoms. The molecule has 0 aliphatic carbocycles. The van der Waals surface area contributed by atoms with Crippen LogP contribution < -0.4 is 14.5 Å². The second-order valence-electron chi connectivity index (χ2n) is 10.4. The van der Waals surface area contributed by atoms with Gasteiger partial charge in [0.05, 0.1) is 11.2 Å². The Hall–Kier alpha value is -5.12. The molecule has 0 atom stereocenters. The Morgan fingerprint density at radius 3 is 2.20 bits per heavy atom. The summed E-state index contributed by atoms with van der Waals surface area (Å²) in [5, 5.41) is 0. The number of ether oxygens (including phenoxy) is 1. The molecule has 6 aromatic carbocycles. The smallest absolute Gasteiger partial charge is 0.305 e.